The lowest BCUT2D eigenvalue weighted by molar-refractivity contribution is 0.264. The molecule has 0 radical (unpaired) electrons. The molecule has 21 heavy (non-hydrogen) atoms. The third-order valence-electron chi connectivity index (χ3n) is 4.78. The van der Waals surface area contributed by atoms with Gasteiger partial charge in [-0.05, 0) is 61.9 Å². The molecule has 1 aromatic carbocycles. The number of likely N-dealkylation sites (tertiary alicyclic amines) is 1. The highest BCUT2D eigenvalue weighted by molar-refractivity contribution is 5.37. The Balaban J connectivity index is 1.98. The molecule has 0 amide bonds. The molecule has 2 rings (SSSR count). The number of ether oxygens (including phenoxy) is 1. The van der Waals surface area contributed by atoms with Gasteiger partial charge in [-0.2, -0.15) is 0 Å². The molecular formula is C18H30N2O. The van der Waals surface area contributed by atoms with Gasteiger partial charge in [-0.15, -0.1) is 0 Å². The molecule has 1 fully saturated rings. The first kappa shape index (κ1) is 16.3. The lowest BCUT2D eigenvalue weighted by atomic mass is 9.89. The van der Waals surface area contributed by atoms with E-state index in [-0.39, 0.29) is 0 Å². The van der Waals surface area contributed by atoms with Crippen LogP contribution in [-0.2, 0) is 13.1 Å². The first-order chi connectivity index (χ1) is 10.1. The molecule has 1 atom stereocenters. The molecule has 0 saturated carbocycles. The summed E-state index contributed by atoms with van der Waals surface area (Å²) in [6.45, 7) is 8.71. The van der Waals surface area contributed by atoms with Crippen LogP contribution in [0.4, 0.5) is 0 Å². The maximum absolute atomic E-state index is 5.81. The zero-order chi connectivity index (χ0) is 15.2. The minimum Gasteiger partial charge on any atom is -0.496 e. The largest absolute Gasteiger partial charge is 0.496 e. The van der Waals surface area contributed by atoms with E-state index >= 15 is 0 Å². The molecule has 1 aliphatic heterocycles. The summed E-state index contributed by atoms with van der Waals surface area (Å²) >= 11 is 0. The molecule has 3 heteroatoms. The second-order valence-corrected chi connectivity index (χ2v) is 6.56. The summed E-state index contributed by atoms with van der Waals surface area (Å²) in [5, 5.41) is 0. The second-order valence-electron chi connectivity index (χ2n) is 6.56. The zero-order valence-electron chi connectivity index (χ0n) is 13.8. The molecule has 2 N–H and O–H groups in total. The predicted octanol–water partition coefficient (Wildman–Crippen LogP) is 3.41. The molecule has 3 nitrogen and oxygen atoms in total. The van der Waals surface area contributed by atoms with Crippen molar-refractivity contribution < 1.29 is 4.74 Å². The average molecular weight is 290 g/mol. The van der Waals surface area contributed by atoms with Crippen molar-refractivity contribution in [2.45, 2.75) is 46.2 Å². The van der Waals surface area contributed by atoms with E-state index in [1.165, 1.54) is 37.9 Å². The third-order valence-corrected chi connectivity index (χ3v) is 4.78. The summed E-state index contributed by atoms with van der Waals surface area (Å²) in [5.74, 6) is 2.61. The van der Waals surface area contributed by atoms with Crippen molar-refractivity contribution in [3.8, 4) is 5.75 Å². The van der Waals surface area contributed by atoms with Crippen LogP contribution in [0.1, 0.15) is 44.2 Å². The van der Waals surface area contributed by atoms with Crippen molar-refractivity contribution in [3.05, 3.63) is 29.3 Å². The molecule has 1 heterocycles. The Bertz CT molecular complexity index is 445. The van der Waals surface area contributed by atoms with Crippen molar-refractivity contribution in [2.75, 3.05) is 20.2 Å². The fraction of sp³-hybridized carbons (Fsp3) is 0.667. The van der Waals surface area contributed by atoms with Gasteiger partial charge in [-0.3, -0.25) is 4.90 Å². The zero-order valence-corrected chi connectivity index (χ0v) is 13.8. The Morgan fingerprint density at radius 3 is 2.76 bits per heavy atom. The molecule has 0 bridgehead atoms. The van der Waals surface area contributed by atoms with Crippen LogP contribution in [0.3, 0.4) is 0 Å². The summed E-state index contributed by atoms with van der Waals surface area (Å²) in [7, 11) is 1.70. The van der Waals surface area contributed by atoms with E-state index in [0.29, 0.717) is 6.54 Å². The number of nitrogens with zero attached hydrogens (tertiary/aromatic N) is 1. The molecule has 1 aromatic rings. The first-order valence-electron chi connectivity index (χ1n) is 8.22. The Labute approximate surface area is 129 Å². The van der Waals surface area contributed by atoms with Gasteiger partial charge in [-0.1, -0.05) is 19.9 Å². The molecule has 0 aromatic heterocycles. The van der Waals surface area contributed by atoms with E-state index in [1.54, 1.807) is 7.11 Å². The lowest BCUT2D eigenvalue weighted by Gasteiger charge is -2.22. The van der Waals surface area contributed by atoms with Gasteiger partial charge in [0.25, 0.3) is 0 Å². The second kappa shape index (κ2) is 7.81. The van der Waals surface area contributed by atoms with Crippen LogP contribution >= 0.6 is 0 Å². The van der Waals surface area contributed by atoms with E-state index in [2.05, 4.69) is 30.9 Å². The molecular weight excluding hydrogens is 260 g/mol. The van der Waals surface area contributed by atoms with E-state index < -0.39 is 0 Å². The molecule has 1 unspecified atom stereocenters. The van der Waals surface area contributed by atoms with Gasteiger partial charge in [0.1, 0.15) is 5.75 Å². The highest BCUT2D eigenvalue weighted by Crippen LogP contribution is 2.26. The van der Waals surface area contributed by atoms with Crippen LogP contribution in [0.15, 0.2) is 18.2 Å². The van der Waals surface area contributed by atoms with Crippen molar-refractivity contribution in [1.82, 2.24) is 4.90 Å². The number of nitrogens with two attached hydrogens (primary N) is 1. The topological polar surface area (TPSA) is 38.5 Å². The van der Waals surface area contributed by atoms with Gasteiger partial charge in [0.15, 0.2) is 0 Å². The predicted molar refractivity (Wildman–Crippen MR) is 88.3 cm³/mol. The summed E-state index contributed by atoms with van der Waals surface area (Å²) < 4.78 is 5.35. The number of hydrogen-bond donors (Lipinski definition) is 1. The number of methoxy groups -OCH3 is 1. The number of benzene rings is 1. The SMILES string of the molecule is COc1ccc(CN2CCCC(C(C)C)CC2)cc1CN. The number of hydrogen-bond acceptors (Lipinski definition) is 3. The number of rotatable bonds is 5. The van der Waals surface area contributed by atoms with Crippen LogP contribution in [0, 0.1) is 11.8 Å². The minimum absolute atomic E-state index is 0.534. The first-order valence-corrected chi connectivity index (χ1v) is 8.22. The molecule has 1 saturated heterocycles. The fourth-order valence-corrected chi connectivity index (χ4v) is 3.35. The van der Waals surface area contributed by atoms with Gasteiger partial charge < -0.3 is 10.5 Å². The van der Waals surface area contributed by atoms with Crippen LogP contribution in [0.2, 0.25) is 0 Å². The van der Waals surface area contributed by atoms with E-state index in [9.17, 15) is 0 Å². The smallest absolute Gasteiger partial charge is 0.123 e. The van der Waals surface area contributed by atoms with Crippen molar-refractivity contribution in [3.63, 3.8) is 0 Å². The van der Waals surface area contributed by atoms with Gasteiger partial charge in [0.2, 0.25) is 0 Å². The standard InChI is InChI=1S/C18H30N2O/c1-14(2)16-5-4-9-20(10-8-16)13-15-6-7-18(21-3)17(11-15)12-19/h6-7,11,14,16H,4-5,8-10,12-13,19H2,1-3H3. The van der Waals surface area contributed by atoms with Gasteiger partial charge >= 0.3 is 0 Å². The third kappa shape index (κ3) is 4.45. The van der Waals surface area contributed by atoms with Crippen molar-refractivity contribution in [1.29, 1.82) is 0 Å². The monoisotopic (exact) mass is 290 g/mol. The normalized spacial score (nSPS) is 20.5. The molecule has 1 aliphatic rings. The summed E-state index contributed by atoms with van der Waals surface area (Å²) in [4.78, 5) is 2.59. The Kier molecular flexibility index (Phi) is 6.07. The van der Waals surface area contributed by atoms with Crippen molar-refractivity contribution >= 4 is 0 Å². The van der Waals surface area contributed by atoms with E-state index in [1.807, 2.05) is 6.07 Å². The Morgan fingerprint density at radius 2 is 2.10 bits per heavy atom. The van der Waals surface area contributed by atoms with Crippen LogP contribution in [-0.4, -0.2) is 25.1 Å². The molecule has 0 aliphatic carbocycles. The highest BCUT2D eigenvalue weighted by Gasteiger charge is 2.19. The maximum atomic E-state index is 5.81. The Hall–Kier alpha value is -1.06. The van der Waals surface area contributed by atoms with E-state index in [4.69, 9.17) is 10.5 Å². The Morgan fingerprint density at radius 1 is 1.29 bits per heavy atom. The lowest BCUT2D eigenvalue weighted by Crippen LogP contribution is -2.24. The van der Waals surface area contributed by atoms with Crippen LogP contribution in [0.5, 0.6) is 5.75 Å². The fourth-order valence-electron chi connectivity index (χ4n) is 3.35. The molecule has 0 spiro atoms. The minimum atomic E-state index is 0.534. The van der Waals surface area contributed by atoms with Gasteiger partial charge in [-0.25, -0.2) is 0 Å². The van der Waals surface area contributed by atoms with Crippen molar-refractivity contribution in [2.24, 2.45) is 17.6 Å². The summed E-state index contributed by atoms with van der Waals surface area (Å²) in [6, 6.07) is 6.42. The van der Waals surface area contributed by atoms with Gasteiger partial charge in [0, 0.05) is 18.7 Å². The summed E-state index contributed by atoms with van der Waals surface area (Å²) in [5.41, 5.74) is 8.26. The maximum Gasteiger partial charge on any atom is 0.123 e. The van der Waals surface area contributed by atoms with Crippen LogP contribution in [0.25, 0.3) is 0 Å². The van der Waals surface area contributed by atoms with Gasteiger partial charge in [0.05, 0.1) is 7.11 Å². The quantitative estimate of drug-likeness (QED) is 0.903. The highest BCUT2D eigenvalue weighted by atomic mass is 16.5. The average Bonchev–Trinajstić information content (AvgIpc) is 2.72. The van der Waals surface area contributed by atoms with Crippen LogP contribution < -0.4 is 10.5 Å². The summed E-state index contributed by atoms with van der Waals surface area (Å²) in [6.07, 6.45) is 4.03. The van der Waals surface area contributed by atoms with E-state index in [0.717, 1.165) is 29.7 Å². The molecule has 118 valence electrons.